The molecule has 23 heavy (non-hydrogen) atoms. The molecule has 0 saturated carbocycles. The van der Waals surface area contributed by atoms with Gasteiger partial charge in [-0.2, -0.15) is 0 Å². The lowest BCUT2D eigenvalue weighted by Crippen LogP contribution is -2.40. The quantitative estimate of drug-likeness (QED) is 0.443. The molecule has 0 spiro atoms. The Kier molecular flexibility index (Phi) is 7.46. The fraction of sp³-hybridized carbons (Fsp3) is 0.389. The average Bonchev–Trinajstić information content (AvgIpc) is 3.10. The molecule has 0 radical (unpaired) electrons. The first-order valence-corrected chi connectivity index (χ1v) is 8.90. The molecule has 2 N–H and O–H groups in total. The van der Waals surface area contributed by atoms with E-state index in [1.807, 2.05) is 36.6 Å². The maximum Gasteiger partial charge on any atom is 0.193 e. The molecular formula is C18H26N4S. The Morgan fingerprint density at radius 3 is 2.65 bits per heavy atom. The first-order valence-electron chi connectivity index (χ1n) is 8.02. The Bertz CT molecular complexity index is 566. The molecule has 0 bridgehead atoms. The van der Waals surface area contributed by atoms with Gasteiger partial charge in [0.15, 0.2) is 5.96 Å². The summed E-state index contributed by atoms with van der Waals surface area (Å²) in [7, 11) is 3.93. The number of likely N-dealkylation sites (N-methyl/N-ethyl adjacent to an activating group) is 1. The third-order valence-electron chi connectivity index (χ3n) is 3.59. The molecule has 1 aromatic heterocycles. The van der Waals surface area contributed by atoms with E-state index in [1.165, 1.54) is 10.6 Å². The molecule has 0 fully saturated rings. The van der Waals surface area contributed by atoms with E-state index in [1.54, 1.807) is 0 Å². The minimum atomic E-state index is 0.913. The SMILES string of the molecule is CN=C(NCCCNc1ccccc1)N(C)CCc1cccs1. The third-order valence-corrected chi connectivity index (χ3v) is 4.52. The standard InChI is InChI=1S/C18H26N4S/c1-19-18(22(2)14-11-17-10-6-15-23-17)21-13-7-12-20-16-8-4-3-5-9-16/h3-6,8-10,15,20H,7,11-14H2,1-2H3,(H,19,21). The lowest BCUT2D eigenvalue weighted by atomic mass is 10.3. The van der Waals surface area contributed by atoms with Gasteiger partial charge in [-0.15, -0.1) is 11.3 Å². The Morgan fingerprint density at radius 1 is 1.13 bits per heavy atom. The van der Waals surface area contributed by atoms with Crippen molar-refractivity contribution in [2.75, 3.05) is 39.0 Å². The van der Waals surface area contributed by atoms with Crippen LogP contribution in [0.4, 0.5) is 5.69 Å². The number of para-hydroxylation sites is 1. The van der Waals surface area contributed by atoms with Crippen LogP contribution in [0.15, 0.2) is 52.8 Å². The van der Waals surface area contributed by atoms with Crippen LogP contribution < -0.4 is 10.6 Å². The summed E-state index contributed by atoms with van der Waals surface area (Å²) in [4.78, 5) is 7.96. The topological polar surface area (TPSA) is 39.7 Å². The molecule has 2 aromatic rings. The summed E-state index contributed by atoms with van der Waals surface area (Å²) in [5.41, 5.74) is 1.17. The highest BCUT2D eigenvalue weighted by atomic mass is 32.1. The van der Waals surface area contributed by atoms with Gasteiger partial charge in [-0.3, -0.25) is 4.99 Å². The zero-order chi connectivity index (χ0) is 16.3. The summed E-state index contributed by atoms with van der Waals surface area (Å²) in [5, 5.41) is 8.97. The molecule has 0 atom stereocenters. The predicted octanol–water partition coefficient (Wildman–Crippen LogP) is 3.30. The molecule has 124 valence electrons. The third kappa shape index (κ3) is 6.32. The zero-order valence-corrected chi connectivity index (χ0v) is 14.8. The molecule has 0 aliphatic rings. The molecule has 1 heterocycles. The van der Waals surface area contributed by atoms with E-state index in [9.17, 15) is 0 Å². The molecule has 0 aliphatic heterocycles. The molecule has 0 amide bonds. The fourth-order valence-corrected chi connectivity index (χ4v) is 3.00. The summed E-state index contributed by atoms with van der Waals surface area (Å²) in [5.74, 6) is 0.960. The number of thiophene rings is 1. The van der Waals surface area contributed by atoms with Gasteiger partial charge in [0, 0.05) is 44.3 Å². The Morgan fingerprint density at radius 2 is 1.96 bits per heavy atom. The highest BCUT2D eigenvalue weighted by Gasteiger charge is 2.05. The summed E-state index contributed by atoms with van der Waals surface area (Å²) in [6.07, 6.45) is 2.11. The second-order valence-corrected chi connectivity index (χ2v) is 6.40. The minimum Gasteiger partial charge on any atom is -0.385 e. The van der Waals surface area contributed by atoms with E-state index < -0.39 is 0 Å². The highest BCUT2D eigenvalue weighted by Crippen LogP contribution is 2.09. The number of nitrogens with zero attached hydrogens (tertiary/aromatic N) is 2. The number of benzene rings is 1. The predicted molar refractivity (Wildman–Crippen MR) is 102 cm³/mol. The van der Waals surface area contributed by atoms with Crippen molar-refractivity contribution in [1.82, 2.24) is 10.2 Å². The van der Waals surface area contributed by atoms with Gasteiger partial charge in [0.1, 0.15) is 0 Å². The summed E-state index contributed by atoms with van der Waals surface area (Å²) < 4.78 is 0. The second kappa shape index (κ2) is 9.90. The maximum absolute atomic E-state index is 4.36. The van der Waals surface area contributed by atoms with Crippen LogP contribution in [0.25, 0.3) is 0 Å². The molecule has 4 nitrogen and oxygen atoms in total. The molecule has 0 unspecified atom stereocenters. The van der Waals surface area contributed by atoms with E-state index in [0.717, 1.165) is 38.4 Å². The van der Waals surface area contributed by atoms with Crippen molar-refractivity contribution in [3.8, 4) is 0 Å². The summed E-state index contributed by atoms with van der Waals surface area (Å²) >= 11 is 1.81. The smallest absolute Gasteiger partial charge is 0.193 e. The Balaban J connectivity index is 1.62. The highest BCUT2D eigenvalue weighted by molar-refractivity contribution is 7.09. The Labute approximate surface area is 143 Å². The minimum absolute atomic E-state index is 0.913. The number of hydrogen-bond donors (Lipinski definition) is 2. The maximum atomic E-state index is 4.36. The van der Waals surface area contributed by atoms with Crippen LogP contribution in [-0.4, -0.2) is 44.6 Å². The van der Waals surface area contributed by atoms with Crippen LogP contribution in [0.2, 0.25) is 0 Å². The summed E-state index contributed by atoms with van der Waals surface area (Å²) in [6, 6.07) is 14.6. The number of nitrogens with one attached hydrogen (secondary N) is 2. The molecule has 5 heteroatoms. The fourth-order valence-electron chi connectivity index (χ4n) is 2.30. The number of rotatable bonds is 8. The van der Waals surface area contributed by atoms with Gasteiger partial charge in [-0.25, -0.2) is 0 Å². The van der Waals surface area contributed by atoms with Gasteiger partial charge in [0.25, 0.3) is 0 Å². The molecular weight excluding hydrogens is 304 g/mol. The van der Waals surface area contributed by atoms with Crippen LogP contribution in [0, 0.1) is 0 Å². The van der Waals surface area contributed by atoms with E-state index >= 15 is 0 Å². The van der Waals surface area contributed by atoms with Gasteiger partial charge in [0.2, 0.25) is 0 Å². The van der Waals surface area contributed by atoms with E-state index in [0.29, 0.717) is 0 Å². The van der Waals surface area contributed by atoms with Crippen LogP contribution in [0.5, 0.6) is 0 Å². The van der Waals surface area contributed by atoms with Gasteiger partial charge < -0.3 is 15.5 Å². The van der Waals surface area contributed by atoms with Crippen LogP contribution >= 0.6 is 11.3 Å². The second-order valence-electron chi connectivity index (χ2n) is 5.37. The summed E-state index contributed by atoms with van der Waals surface area (Å²) in [6.45, 7) is 2.84. The van der Waals surface area contributed by atoms with Crippen molar-refractivity contribution in [2.45, 2.75) is 12.8 Å². The van der Waals surface area contributed by atoms with Crippen molar-refractivity contribution < 1.29 is 0 Å². The molecule has 2 rings (SSSR count). The lowest BCUT2D eigenvalue weighted by Gasteiger charge is -2.21. The van der Waals surface area contributed by atoms with Crippen molar-refractivity contribution in [3.05, 3.63) is 52.7 Å². The largest absolute Gasteiger partial charge is 0.385 e. The lowest BCUT2D eigenvalue weighted by molar-refractivity contribution is 0.486. The van der Waals surface area contributed by atoms with Crippen molar-refractivity contribution in [2.24, 2.45) is 4.99 Å². The number of aliphatic imine (C=N–C) groups is 1. The van der Waals surface area contributed by atoms with Crippen molar-refractivity contribution in [3.63, 3.8) is 0 Å². The molecule has 1 aromatic carbocycles. The van der Waals surface area contributed by atoms with Crippen molar-refractivity contribution in [1.29, 1.82) is 0 Å². The van der Waals surface area contributed by atoms with E-state index in [4.69, 9.17) is 0 Å². The number of guanidine groups is 1. The van der Waals surface area contributed by atoms with E-state index in [2.05, 4.69) is 57.2 Å². The normalized spacial score (nSPS) is 11.3. The zero-order valence-electron chi connectivity index (χ0n) is 14.0. The molecule has 0 saturated heterocycles. The van der Waals surface area contributed by atoms with Crippen LogP contribution in [0.1, 0.15) is 11.3 Å². The average molecular weight is 331 g/mol. The van der Waals surface area contributed by atoms with Crippen LogP contribution in [-0.2, 0) is 6.42 Å². The first kappa shape index (κ1) is 17.3. The van der Waals surface area contributed by atoms with Gasteiger partial charge in [-0.1, -0.05) is 24.3 Å². The first-order chi connectivity index (χ1) is 11.3. The van der Waals surface area contributed by atoms with E-state index in [-0.39, 0.29) is 0 Å². The monoisotopic (exact) mass is 330 g/mol. The number of anilines is 1. The van der Waals surface area contributed by atoms with Gasteiger partial charge in [0.05, 0.1) is 0 Å². The van der Waals surface area contributed by atoms with Crippen LogP contribution in [0.3, 0.4) is 0 Å². The molecule has 0 aliphatic carbocycles. The Hall–Kier alpha value is -2.01. The number of hydrogen-bond acceptors (Lipinski definition) is 3. The van der Waals surface area contributed by atoms with Gasteiger partial charge >= 0.3 is 0 Å². The van der Waals surface area contributed by atoms with Crippen molar-refractivity contribution >= 4 is 23.0 Å². The van der Waals surface area contributed by atoms with Gasteiger partial charge in [-0.05, 0) is 36.4 Å².